The van der Waals surface area contributed by atoms with Gasteiger partial charge < -0.3 is 29.2 Å². The molecule has 1 heterocycles. The number of hydrogen-bond acceptors (Lipinski definition) is 4. The molecule has 12 heteroatoms. The first-order valence-electron chi connectivity index (χ1n) is 3.87. The van der Waals surface area contributed by atoms with Crippen molar-refractivity contribution in [3.05, 3.63) is 18.7 Å². The molecule has 1 aromatic rings. The van der Waals surface area contributed by atoms with Gasteiger partial charge in [-0.05, 0) is 0 Å². The van der Waals surface area contributed by atoms with Crippen LogP contribution in [0.2, 0.25) is 0 Å². The Kier molecular flexibility index (Phi) is 5.32. The molecular weight excluding hydrogens is 317 g/mol. The molecule has 0 fully saturated rings. The van der Waals surface area contributed by atoms with E-state index in [9.17, 15) is 14.2 Å². The molecule has 1 rings (SSSR count). The minimum Gasteiger partial charge on any atom is -0.366 e. The second-order valence-electron chi connectivity index (χ2n) is 3.10. The summed E-state index contributed by atoms with van der Waals surface area (Å²) in [7, 11) is -10.8. The van der Waals surface area contributed by atoms with Gasteiger partial charge in [-0.15, -0.1) is 0 Å². The van der Waals surface area contributed by atoms with Crippen LogP contribution in [0.4, 0.5) is 0 Å². The van der Waals surface area contributed by atoms with Crippen LogP contribution in [0.1, 0.15) is 0 Å². The molecule has 17 heavy (non-hydrogen) atoms. The van der Waals surface area contributed by atoms with Gasteiger partial charge in [0.05, 0.1) is 12.9 Å². The number of imidazole rings is 1. The van der Waals surface area contributed by atoms with Gasteiger partial charge >= 0.3 is 15.2 Å². The zero-order valence-electron chi connectivity index (χ0n) is 8.16. The Bertz CT molecular complexity index is 429. The molecule has 0 atom stereocenters. The molecule has 0 aromatic carbocycles. The molecule has 0 spiro atoms. The molecule has 0 saturated heterocycles. The third-order valence-electron chi connectivity index (χ3n) is 1.89. The normalized spacial score (nSPS) is 13.2. The number of aliphatic hydroxyl groups is 1. The summed E-state index contributed by atoms with van der Waals surface area (Å²) < 4.78 is 22.8. The van der Waals surface area contributed by atoms with Gasteiger partial charge in [0, 0.05) is 29.5 Å². The summed E-state index contributed by atoms with van der Waals surface area (Å²) in [5.41, 5.74) is 0. The molecule has 5 N–H and O–H groups in total. The number of aromatic nitrogens is 2. The van der Waals surface area contributed by atoms with Crippen molar-refractivity contribution >= 4 is 15.2 Å². The molecule has 0 amide bonds. The third-order valence-corrected chi connectivity index (χ3v) is 5.60. The fourth-order valence-corrected chi connectivity index (χ4v) is 3.03. The fourth-order valence-electron chi connectivity index (χ4n) is 0.979. The van der Waals surface area contributed by atoms with E-state index in [4.69, 9.17) is 19.6 Å². The number of nitrogens with zero attached hydrogens (tertiary/aromatic N) is 2. The quantitative estimate of drug-likeness (QED) is 0.344. The summed E-state index contributed by atoms with van der Waals surface area (Å²) in [5.74, 6) is 0. The maximum Gasteiger partial charge on any atom is 0.371 e. The van der Waals surface area contributed by atoms with Crippen molar-refractivity contribution in [1.29, 1.82) is 0 Å². The predicted molar refractivity (Wildman–Crippen MR) is 51.3 cm³/mol. The Labute approximate surface area is 106 Å². The van der Waals surface area contributed by atoms with E-state index in [-0.39, 0.29) is 17.1 Å². The van der Waals surface area contributed by atoms with Gasteiger partial charge in [-0.1, -0.05) is 0 Å². The zero-order valence-corrected chi connectivity index (χ0v) is 11.1. The standard InChI is InChI=1S/C5H10N2O7P2.Mn/c8-5(15(9,10)11,16(12,13)14)3-7-2-1-6-4-7;/h1-2,4,8H,3H2,(H2,9,10,11)(H2,12,13,14);. The Morgan fingerprint density at radius 3 is 1.94 bits per heavy atom. The maximum absolute atomic E-state index is 10.9. The third kappa shape index (κ3) is 3.48. The van der Waals surface area contributed by atoms with Gasteiger partial charge in [-0.2, -0.15) is 0 Å². The van der Waals surface area contributed by atoms with Crippen molar-refractivity contribution < 1.29 is 50.9 Å². The van der Waals surface area contributed by atoms with Crippen LogP contribution in [0.25, 0.3) is 0 Å². The summed E-state index contributed by atoms with van der Waals surface area (Å²) in [4.78, 5) is 38.7. The van der Waals surface area contributed by atoms with Crippen LogP contribution in [0.5, 0.6) is 0 Å². The van der Waals surface area contributed by atoms with E-state index in [1.54, 1.807) is 0 Å². The molecule has 0 bridgehead atoms. The van der Waals surface area contributed by atoms with Gasteiger partial charge in [-0.25, -0.2) is 4.98 Å². The molecule has 0 aliphatic rings. The van der Waals surface area contributed by atoms with Gasteiger partial charge in [0.1, 0.15) is 0 Å². The molecule has 0 aliphatic heterocycles. The molecule has 1 radical (unpaired) electrons. The Hall–Kier alpha value is -0.0105. The minimum absolute atomic E-state index is 0. The van der Waals surface area contributed by atoms with Crippen LogP contribution >= 0.6 is 15.2 Å². The van der Waals surface area contributed by atoms with Crippen LogP contribution < -0.4 is 0 Å². The van der Waals surface area contributed by atoms with Crippen LogP contribution in [-0.2, 0) is 32.7 Å². The maximum atomic E-state index is 10.9. The summed E-state index contributed by atoms with van der Waals surface area (Å²) in [6, 6.07) is 0. The SMILES string of the molecule is O=P(O)(O)C(O)(Cn1ccnc1)P(=O)(O)O.[Mn]. The smallest absolute Gasteiger partial charge is 0.366 e. The average Bonchev–Trinajstić information content (AvgIpc) is 2.52. The topological polar surface area (TPSA) is 153 Å². The molecule has 0 unspecified atom stereocenters. The van der Waals surface area contributed by atoms with Gasteiger partial charge in [0.15, 0.2) is 0 Å². The molecule has 99 valence electrons. The van der Waals surface area contributed by atoms with Crippen molar-refractivity contribution in [3.63, 3.8) is 0 Å². The Morgan fingerprint density at radius 2 is 1.65 bits per heavy atom. The van der Waals surface area contributed by atoms with Crippen LogP contribution in [0.3, 0.4) is 0 Å². The van der Waals surface area contributed by atoms with Gasteiger partial charge in [0.2, 0.25) is 0 Å². The van der Waals surface area contributed by atoms with Crippen LogP contribution in [0.15, 0.2) is 18.7 Å². The van der Waals surface area contributed by atoms with E-state index < -0.39 is 26.8 Å². The van der Waals surface area contributed by atoms with Crippen molar-refractivity contribution in [3.8, 4) is 0 Å². The second kappa shape index (κ2) is 5.32. The van der Waals surface area contributed by atoms with Crippen LogP contribution in [-0.4, -0.2) is 39.3 Å². The van der Waals surface area contributed by atoms with Crippen molar-refractivity contribution in [1.82, 2.24) is 9.55 Å². The van der Waals surface area contributed by atoms with E-state index >= 15 is 0 Å². The van der Waals surface area contributed by atoms with Crippen LogP contribution in [0, 0.1) is 0 Å². The molecular formula is C5H10MnN2O7P2. The van der Waals surface area contributed by atoms with Crippen molar-refractivity contribution in [2.75, 3.05) is 0 Å². The molecule has 9 nitrogen and oxygen atoms in total. The number of hydrogen-bond donors (Lipinski definition) is 5. The first-order valence-corrected chi connectivity index (χ1v) is 7.10. The minimum atomic E-state index is -5.41. The molecule has 1 aromatic heterocycles. The monoisotopic (exact) mass is 327 g/mol. The number of rotatable bonds is 4. The van der Waals surface area contributed by atoms with E-state index in [0.29, 0.717) is 0 Å². The van der Waals surface area contributed by atoms with E-state index in [1.807, 2.05) is 0 Å². The molecule has 0 saturated carbocycles. The van der Waals surface area contributed by atoms with E-state index in [1.165, 1.54) is 12.4 Å². The Morgan fingerprint density at radius 1 is 1.18 bits per heavy atom. The zero-order chi connectivity index (χ0) is 12.6. The van der Waals surface area contributed by atoms with Crippen molar-refractivity contribution in [2.45, 2.75) is 11.6 Å². The average molecular weight is 327 g/mol. The van der Waals surface area contributed by atoms with E-state index in [2.05, 4.69) is 4.98 Å². The fraction of sp³-hybridized carbons (Fsp3) is 0.400. The summed E-state index contributed by atoms with van der Waals surface area (Å²) in [5, 5.41) is 6.04. The summed E-state index contributed by atoms with van der Waals surface area (Å²) >= 11 is 0. The largest absolute Gasteiger partial charge is 0.371 e. The Balaban J connectivity index is 0.00000256. The van der Waals surface area contributed by atoms with E-state index in [0.717, 1.165) is 10.9 Å². The summed E-state index contributed by atoms with van der Waals surface area (Å²) in [6.07, 6.45) is 3.51. The van der Waals surface area contributed by atoms with Crippen molar-refractivity contribution in [2.24, 2.45) is 0 Å². The molecule has 0 aliphatic carbocycles. The second-order valence-corrected chi connectivity index (χ2v) is 7.11. The first-order chi connectivity index (χ1) is 7.08. The van der Waals surface area contributed by atoms with Gasteiger partial charge in [0.25, 0.3) is 5.08 Å². The summed E-state index contributed by atoms with van der Waals surface area (Å²) in [6.45, 7) is -0.957. The predicted octanol–water partition coefficient (Wildman–Crippen LogP) is -1.12. The van der Waals surface area contributed by atoms with Gasteiger partial charge in [-0.3, -0.25) is 9.13 Å². The first kappa shape index (κ1) is 17.0.